The molecule has 0 aliphatic rings. The van der Waals surface area contributed by atoms with Crippen molar-refractivity contribution in [2.45, 2.75) is 0 Å². The zero-order valence-electron chi connectivity index (χ0n) is 8.36. The van der Waals surface area contributed by atoms with E-state index in [9.17, 15) is 10.1 Å². The molecule has 0 aliphatic heterocycles. The molecular formula is C9H13N3O3. The summed E-state index contributed by atoms with van der Waals surface area (Å²) in [4.78, 5) is 10.1. The van der Waals surface area contributed by atoms with Crippen LogP contribution in [0.3, 0.4) is 0 Å². The second-order valence-corrected chi connectivity index (χ2v) is 2.89. The molecule has 6 nitrogen and oxygen atoms in total. The molecule has 1 aromatic carbocycles. The minimum absolute atomic E-state index is 0.0220. The normalized spacial score (nSPS) is 9.73. The largest absolute Gasteiger partial charge is 0.395 e. The topological polar surface area (TPSA) is 87.4 Å². The van der Waals surface area contributed by atoms with Crippen LogP contribution in [0.25, 0.3) is 0 Å². The van der Waals surface area contributed by atoms with Crippen molar-refractivity contribution in [2.75, 3.05) is 30.8 Å². The van der Waals surface area contributed by atoms with E-state index < -0.39 is 4.92 Å². The van der Waals surface area contributed by atoms with Gasteiger partial charge in [-0.2, -0.15) is 0 Å². The van der Waals surface area contributed by atoms with Gasteiger partial charge in [-0.05, 0) is 6.07 Å². The van der Waals surface area contributed by atoms with Gasteiger partial charge in [-0.3, -0.25) is 10.1 Å². The van der Waals surface area contributed by atoms with Gasteiger partial charge in [-0.25, -0.2) is 0 Å². The molecule has 0 fully saturated rings. The standard InChI is InChI=1S/C9H13N3O3/c1-10-8-3-2-7(12(14)15)6-9(8)11-4-5-13/h2-3,6,10-11,13H,4-5H2,1H3. The number of rotatable bonds is 5. The maximum absolute atomic E-state index is 10.5. The Morgan fingerprint density at radius 3 is 2.73 bits per heavy atom. The van der Waals surface area contributed by atoms with Crippen LogP contribution in [0.15, 0.2) is 18.2 Å². The van der Waals surface area contributed by atoms with Gasteiger partial charge in [0.15, 0.2) is 0 Å². The van der Waals surface area contributed by atoms with Crippen molar-refractivity contribution in [3.05, 3.63) is 28.3 Å². The first-order valence-electron chi connectivity index (χ1n) is 4.50. The molecule has 0 heterocycles. The quantitative estimate of drug-likeness (QED) is 0.500. The Bertz CT molecular complexity index is 354. The number of hydrogen-bond acceptors (Lipinski definition) is 5. The first kappa shape index (κ1) is 11.3. The third kappa shape index (κ3) is 2.81. The Morgan fingerprint density at radius 1 is 1.47 bits per heavy atom. The maximum atomic E-state index is 10.5. The SMILES string of the molecule is CNc1ccc([N+](=O)[O-])cc1NCCO. The Labute approximate surface area is 87.1 Å². The van der Waals surface area contributed by atoms with Gasteiger partial charge < -0.3 is 15.7 Å². The zero-order valence-corrected chi connectivity index (χ0v) is 8.36. The smallest absolute Gasteiger partial charge is 0.271 e. The van der Waals surface area contributed by atoms with Crippen LogP contribution in [0.5, 0.6) is 0 Å². The second kappa shape index (κ2) is 5.16. The van der Waals surface area contributed by atoms with E-state index in [-0.39, 0.29) is 12.3 Å². The molecule has 3 N–H and O–H groups in total. The average molecular weight is 211 g/mol. The van der Waals surface area contributed by atoms with Crippen LogP contribution >= 0.6 is 0 Å². The van der Waals surface area contributed by atoms with Crippen molar-refractivity contribution in [2.24, 2.45) is 0 Å². The highest BCUT2D eigenvalue weighted by molar-refractivity contribution is 5.71. The molecule has 0 saturated heterocycles. The van der Waals surface area contributed by atoms with Gasteiger partial charge >= 0.3 is 0 Å². The first-order chi connectivity index (χ1) is 7.19. The molecule has 0 amide bonds. The number of aliphatic hydroxyl groups excluding tert-OH is 1. The van der Waals surface area contributed by atoms with Gasteiger partial charge in [-0.15, -0.1) is 0 Å². The van der Waals surface area contributed by atoms with Gasteiger partial charge in [0.1, 0.15) is 0 Å². The highest BCUT2D eigenvalue weighted by Crippen LogP contribution is 2.26. The van der Waals surface area contributed by atoms with E-state index in [1.165, 1.54) is 12.1 Å². The van der Waals surface area contributed by atoms with Gasteiger partial charge in [0.05, 0.1) is 22.9 Å². The molecule has 0 bridgehead atoms. The van der Waals surface area contributed by atoms with Crippen molar-refractivity contribution in [3.8, 4) is 0 Å². The van der Waals surface area contributed by atoms with Crippen molar-refractivity contribution < 1.29 is 10.0 Å². The van der Waals surface area contributed by atoms with Gasteiger partial charge in [0.25, 0.3) is 5.69 Å². The molecule has 0 aromatic heterocycles. The lowest BCUT2D eigenvalue weighted by Gasteiger charge is -2.10. The number of non-ortho nitro benzene ring substituents is 1. The van der Waals surface area contributed by atoms with Crippen LogP contribution < -0.4 is 10.6 Å². The molecule has 0 spiro atoms. The van der Waals surface area contributed by atoms with Gasteiger partial charge in [0, 0.05) is 25.7 Å². The van der Waals surface area contributed by atoms with Gasteiger partial charge in [0.2, 0.25) is 0 Å². The molecule has 0 unspecified atom stereocenters. The Morgan fingerprint density at radius 2 is 2.20 bits per heavy atom. The summed E-state index contributed by atoms with van der Waals surface area (Å²) in [5.74, 6) is 0. The van der Waals surface area contributed by atoms with Crippen LogP contribution in [-0.2, 0) is 0 Å². The molecule has 15 heavy (non-hydrogen) atoms. The first-order valence-corrected chi connectivity index (χ1v) is 4.50. The summed E-state index contributed by atoms with van der Waals surface area (Å²) in [6, 6.07) is 4.48. The third-order valence-corrected chi connectivity index (χ3v) is 1.91. The molecule has 1 rings (SSSR count). The number of anilines is 2. The lowest BCUT2D eigenvalue weighted by molar-refractivity contribution is -0.384. The van der Waals surface area contributed by atoms with Crippen LogP contribution in [-0.4, -0.2) is 30.2 Å². The molecule has 6 heteroatoms. The summed E-state index contributed by atoms with van der Waals surface area (Å²) in [6.07, 6.45) is 0. The number of nitrogens with zero attached hydrogens (tertiary/aromatic N) is 1. The van der Waals surface area contributed by atoms with E-state index in [1.807, 2.05) is 0 Å². The maximum Gasteiger partial charge on any atom is 0.271 e. The Kier molecular flexibility index (Phi) is 3.87. The number of hydrogen-bond donors (Lipinski definition) is 3. The summed E-state index contributed by atoms with van der Waals surface area (Å²) < 4.78 is 0. The number of aliphatic hydroxyl groups is 1. The Balaban J connectivity index is 2.96. The summed E-state index contributed by atoms with van der Waals surface area (Å²) in [6.45, 7) is 0.335. The minimum Gasteiger partial charge on any atom is -0.395 e. The Hall–Kier alpha value is -1.82. The van der Waals surface area contributed by atoms with E-state index in [1.54, 1.807) is 13.1 Å². The van der Waals surface area contributed by atoms with E-state index >= 15 is 0 Å². The number of nitro benzene ring substituents is 1. The zero-order chi connectivity index (χ0) is 11.3. The predicted molar refractivity (Wildman–Crippen MR) is 58.2 cm³/mol. The molecule has 0 atom stereocenters. The lowest BCUT2D eigenvalue weighted by Crippen LogP contribution is -2.07. The number of nitro groups is 1. The summed E-state index contributed by atoms with van der Waals surface area (Å²) in [7, 11) is 1.73. The predicted octanol–water partition coefficient (Wildman–Crippen LogP) is 1.04. The lowest BCUT2D eigenvalue weighted by atomic mass is 10.2. The molecule has 0 aliphatic carbocycles. The monoisotopic (exact) mass is 211 g/mol. The summed E-state index contributed by atoms with van der Waals surface area (Å²) in [5.41, 5.74) is 1.39. The average Bonchev–Trinajstić information content (AvgIpc) is 2.25. The number of nitrogens with one attached hydrogen (secondary N) is 2. The fraction of sp³-hybridized carbons (Fsp3) is 0.333. The fourth-order valence-electron chi connectivity index (χ4n) is 1.20. The van der Waals surface area contributed by atoms with E-state index in [0.717, 1.165) is 5.69 Å². The van der Waals surface area contributed by atoms with Crippen molar-refractivity contribution in [3.63, 3.8) is 0 Å². The molecule has 82 valence electrons. The number of benzene rings is 1. The van der Waals surface area contributed by atoms with Crippen LogP contribution in [0.4, 0.5) is 17.1 Å². The fourth-order valence-corrected chi connectivity index (χ4v) is 1.20. The summed E-state index contributed by atoms with van der Waals surface area (Å²) >= 11 is 0. The summed E-state index contributed by atoms with van der Waals surface area (Å²) in [5, 5.41) is 25.0. The third-order valence-electron chi connectivity index (χ3n) is 1.91. The molecule has 1 aromatic rings. The van der Waals surface area contributed by atoms with Crippen molar-refractivity contribution >= 4 is 17.1 Å². The van der Waals surface area contributed by atoms with Gasteiger partial charge in [-0.1, -0.05) is 0 Å². The highest BCUT2D eigenvalue weighted by atomic mass is 16.6. The molecule has 0 saturated carbocycles. The van der Waals surface area contributed by atoms with Crippen LogP contribution in [0.1, 0.15) is 0 Å². The molecule has 0 radical (unpaired) electrons. The van der Waals surface area contributed by atoms with Crippen LogP contribution in [0.2, 0.25) is 0 Å². The van der Waals surface area contributed by atoms with Crippen molar-refractivity contribution in [1.29, 1.82) is 0 Å². The van der Waals surface area contributed by atoms with Crippen LogP contribution in [0, 0.1) is 10.1 Å². The van der Waals surface area contributed by atoms with E-state index in [2.05, 4.69) is 10.6 Å². The highest BCUT2D eigenvalue weighted by Gasteiger charge is 2.09. The molecular weight excluding hydrogens is 198 g/mol. The van der Waals surface area contributed by atoms with Crippen molar-refractivity contribution in [1.82, 2.24) is 0 Å². The van der Waals surface area contributed by atoms with E-state index in [4.69, 9.17) is 5.11 Å². The van der Waals surface area contributed by atoms with E-state index in [0.29, 0.717) is 12.2 Å². The minimum atomic E-state index is -0.455. The second-order valence-electron chi connectivity index (χ2n) is 2.89.